The van der Waals surface area contributed by atoms with Crippen molar-refractivity contribution in [2.24, 2.45) is 23.3 Å². The second kappa shape index (κ2) is 7.53. The van der Waals surface area contributed by atoms with E-state index in [1.54, 1.807) is 0 Å². The van der Waals surface area contributed by atoms with Crippen molar-refractivity contribution < 1.29 is 0 Å². The van der Waals surface area contributed by atoms with Crippen LogP contribution >= 0.6 is 0 Å². The molecule has 1 rings (SSSR count). The predicted molar refractivity (Wildman–Crippen MR) is 53.9 cm³/mol. The van der Waals surface area contributed by atoms with E-state index in [9.17, 15) is 0 Å². The normalized spacial score (nSPS) is 29.0. The van der Waals surface area contributed by atoms with Crippen molar-refractivity contribution in [3.63, 3.8) is 0 Å². The van der Waals surface area contributed by atoms with Gasteiger partial charge in [0.05, 0.1) is 0 Å². The molecule has 1 fully saturated rings. The van der Waals surface area contributed by atoms with Crippen molar-refractivity contribution in [1.82, 2.24) is 5.32 Å². The first-order valence-electron chi connectivity index (χ1n) is 4.99. The van der Waals surface area contributed by atoms with Gasteiger partial charge in [0.2, 0.25) is 0 Å². The highest BCUT2D eigenvalue weighted by Gasteiger charge is 2.21. The number of hydrogen-bond donors (Lipinski definition) is 3. The lowest BCUT2D eigenvalue weighted by atomic mass is 9.87. The predicted octanol–water partition coefficient (Wildman–Crippen LogP) is 0.156. The second-order valence-corrected chi connectivity index (χ2v) is 2.98. The fourth-order valence-electron chi connectivity index (χ4n) is 1.56. The molecule has 0 aliphatic carbocycles. The van der Waals surface area contributed by atoms with E-state index in [1.807, 2.05) is 13.8 Å². The molecular formula is C9H23N3. The van der Waals surface area contributed by atoms with Gasteiger partial charge in [0.15, 0.2) is 0 Å². The molecule has 0 spiro atoms. The molecule has 0 radical (unpaired) electrons. The van der Waals surface area contributed by atoms with Gasteiger partial charge in [-0.25, -0.2) is 0 Å². The molecule has 1 aliphatic heterocycles. The summed E-state index contributed by atoms with van der Waals surface area (Å²) < 4.78 is 0. The van der Waals surface area contributed by atoms with Crippen molar-refractivity contribution in [3.8, 4) is 0 Å². The number of nitrogens with one attached hydrogen (secondary N) is 1. The minimum atomic E-state index is 0.610. The molecule has 0 amide bonds. The van der Waals surface area contributed by atoms with Gasteiger partial charge in [-0.05, 0) is 44.4 Å². The van der Waals surface area contributed by atoms with Gasteiger partial charge >= 0.3 is 0 Å². The maximum absolute atomic E-state index is 5.59. The summed E-state index contributed by atoms with van der Waals surface area (Å²) in [6.45, 7) is 7.73. The molecule has 74 valence electrons. The molecule has 1 aliphatic rings. The van der Waals surface area contributed by atoms with Gasteiger partial charge in [-0.3, -0.25) is 0 Å². The van der Waals surface area contributed by atoms with E-state index in [4.69, 9.17) is 11.5 Å². The Bertz CT molecular complexity index is 83.8. The molecule has 0 aromatic rings. The Hall–Kier alpha value is -0.120. The molecule has 0 aromatic carbocycles. The van der Waals surface area contributed by atoms with Gasteiger partial charge in [-0.1, -0.05) is 13.8 Å². The van der Waals surface area contributed by atoms with E-state index in [0.717, 1.165) is 26.2 Å². The Labute approximate surface area is 75.9 Å². The molecule has 2 unspecified atom stereocenters. The van der Waals surface area contributed by atoms with Crippen molar-refractivity contribution in [3.05, 3.63) is 0 Å². The summed E-state index contributed by atoms with van der Waals surface area (Å²) in [6.07, 6.45) is 1.19. The third-order valence-electron chi connectivity index (χ3n) is 2.37. The van der Waals surface area contributed by atoms with Crippen molar-refractivity contribution in [2.45, 2.75) is 20.3 Å². The Morgan fingerprint density at radius 2 is 1.75 bits per heavy atom. The van der Waals surface area contributed by atoms with E-state index in [-0.39, 0.29) is 0 Å². The molecule has 1 saturated heterocycles. The molecule has 5 N–H and O–H groups in total. The first kappa shape index (κ1) is 11.9. The largest absolute Gasteiger partial charge is 0.330 e. The molecule has 2 atom stereocenters. The summed E-state index contributed by atoms with van der Waals surface area (Å²) in [5.74, 6) is 1.27. The zero-order valence-corrected chi connectivity index (χ0v) is 8.34. The van der Waals surface area contributed by atoms with Crippen LogP contribution in [0, 0.1) is 11.8 Å². The maximum Gasteiger partial charge on any atom is -0.000531 e. The summed E-state index contributed by atoms with van der Waals surface area (Å²) in [7, 11) is 0. The fourth-order valence-corrected chi connectivity index (χ4v) is 1.56. The number of piperidine rings is 1. The van der Waals surface area contributed by atoms with Crippen LogP contribution in [0.3, 0.4) is 0 Å². The minimum Gasteiger partial charge on any atom is -0.330 e. The summed E-state index contributed by atoms with van der Waals surface area (Å²) in [5, 5.41) is 3.31. The number of hydrogen-bond acceptors (Lipinski definition) is 3. The molecular weight excluding hydrogens is 150 g/mol. The molecule has 1 heterocycles. The van der Waals surface area contributed by atoms with Crippen LogP contribution in [-0.2, 0) is 0 Å². The first-order chi connectivity index (χ1) is 5.88. The Kier molecular flexibility index (Phi) is 7.45. The van der Waals surface area contributed by atoms with Gasteiger partial charge in [0.25, 0.3) is 0 Å². The summed E-state index contributed by atoms with van der Waals surface area (Å²) in [6, 6.07) is 0. The molecule has 12 heavy (non-hydrogen) atoms. The highest BCUT2D eigenvalue weighted by Crippen LogP contribution is 2.15. The van der Waals surface area contributed by atoms with Crippen LogP contribution in [0.25, 0.3) is 0 Å². The SMILES string of the molecule is CC.NCC1CCNCC1CN. The minimum absolute atomic E-state index is 0.610. The lowest BCUT2D eigenvalue weighted by molar-refractivity contribution is 0.267. The van der Waals surface area contributed by atoms with Crippen LogP contribution < -0.4 is 16.8 Å². The van der Waals surface area contributed by atoms with Crippen molar-refractivity contribution >= 4 is 0 Å². The quantitative estimate of drug-likeness (QED) is 0.557. The average Bonchev–Trinajstić information content (AvgIpc) is 2.20. The smallest absolute Gasteiger partial charge is 0.000531 e. The fraction of sp³-hybridized carbons (Fsp3) is 1.00. The lowest BCUT2D eigenvalue weighted by Crippen LogP contribution is -2.43. The summed E-state index contributed by atoms with van der Waals surface area (Å²) >= 11 is 0. The number of nitrogens with two attached hydrogens (primary N) is 2. The van der Waals surface area contributed by atoms with Crippen LogP contribution in [0.1, 0.15) is 20.3 Å². The number of rotatable bonds is 2. The second-order valence-electron chi connectivity index (χ2n) is 2.98. The summed E-state index contributed by atoms with van der Waals surface area (Å²) in [5.41, 5.74) is 11.2. The lowest BCUT2D eigenvalue weighted by Gasteiger charge is -2.30. The Balaban J connectivity index is 0.000000561. The van der Waals surface area contributed by atoms with Crippen LogP contribution in [0.5, 0.6) is 0 Å². The highest BCUT2D eigenvalue weighted by atomic mass is 14.9. The van der Waals surface area contributed by atoms with Gasteiger partial charge in [0, 0.05) is 0 Å². The zero-order chi connectivity index (χ0) is 9.40. The maximum atomic E-state index is 5.59. The van der Waals surface area contributed by atoms with Crippen LogP contribution in [0.2, 0.25) is 0 Å². The van der Waals surface area contributed by atoms with E-state index < -0.39 is 0 Å². The molecule has 0 saturated carbocycles. The van der Waals surface area contributed by atoms with Crippen LogP contribution in [0.4, 0.5) is 0 Å². The van der Waals surface area contributed by atoms with Gasteiger partial charge in [-0.15, -0.1) is 0 Å². The van der Waals surface area contributed by atoms with E-state index in [0.29, 0.717) is 11.8 Å². The van der Waals surface area contributed by atoms with Crippen molar-refractivity contribution in [1.29, 1.82) is 0 Å². The van der Waals surface area contributed by atoms with E-state index in [2.05, 4.69) is 5.32 Å². The van der Waals surface area contributed by atoms with Crippen LogP contribution in [-0.4, -0.2) is 26.2 Å². The Morgan fingerprint density at radius 1 is 1.17 bits per heavy atom. The van der Waals surface area contributed by atoms with Gasteiger partial charge in [-0.2, -0.15) is 0 Å². The monoisotopic (exact) mass is 173 g/mol. The highest BCUT2D eigenvalue weighted by molar-refractivity contribution is 4.78. The molecule has 0 aromatic heterocycles. The van der Waals surface area contributed by atoms with Crippen LogP contribution in [0.15, 0.2) is 0 Å². The zero-order valence-electron chi connectivity index (χ0n) is 8.34. The summed E-state index contributed by atoms with van der Waals surface area (Å²) in [4.78, 5) is 0. The standard InChI is InChI=1S/C7H17N3.C2H6/c8-3-6-1-2-10-5-7(6)4-9;1-2/h6-7,10H,1-5,8-9H2;1-2H3. The Morgan fingerprint density at radius 3 is 2.17 bits per heavy atom. The van der Waals surface area contributed by atoms with Gasteiger partial charge < -0.3 is 16.8 Å². The molecule has 3 nitrogen and oxygen atoms in total. The van der Waals surface area contributed by atoms with Crippen molar-refractivity contribution in [2.75, 3.05) is 26.2 Å². The molecule has 0 bridgehead atoms. The first-order valence-corrected chi connectivity index (χ1v) is 4.99. The van der Waals surface area contributed by atoms with Gasteiger partial charge in [0.1, 0.15) is 0 Å². The van der Waals surface area contributed by atoms with E-state index in [1.165, 1.54) is 6.42 Å². The van der Waals surface area contributed by atoms with E-state index >= 15 is 0 Å². The molecule has 3 heteroatoms. The third kappa shape index (κ3) is 3.52. The third-order valence-corrected chi connectivity index (χ3v) is 2.37. The topological polar surface area (TPSA) is 64.1 Å². The average molecular weight is 173 g/mol.